The van der Waals surface area contributed by atoms with Crippen LogP contribution in [0.15, 0.2) is 73.2 Å². The van der Waals surface area contributed by atoms with Crippen LogP contribution in [0.1, 0.15) is 296 Å². The van der Waals surface area contributed by atoms with Crippen LogP contribution >= 0.6 is 12.4 Å². The Hall–Kier alpha value is -12.5. The number of nitro groups is 3. The summed E-state index contributed by atoms with van der Waals surface area (Å²) in [6.45, 7) is 12.9. The number of likely N-dealkylation sites (tertiary alicyclic amines) is 2. The predicted molar refractivity (Wildman–Crippen MR) is 500 cm³/mol. The predicted octanol–water partition coefficient (Wildman–Crippen LogP) is 12.9. The number of anilines is 3. The number of ketones is 4. The molecule has 8 amide bonds. The summed E-state index contributed by atoms with van der Waals surface area (Å²) in [7, 11) is 0. The third-order valence-corrected chi connectivity index (χ3v) is 29.3. The molecule has 14 heterocycles. The summed E-state index contributed by atoms with van der Waals surface area (Å²) in [6, 6.07) is 12.7. The first-order chi connectivity index (χ1) is 67.8. The van der Waals surface area contributed by atoms with E-state index < -0.39 is 128 Å². The van der Waals surface area contributed by atoms with E-state index in [1.165, 1.54) is 26.9 Å². The maximum absolute atomic E-state index is 13.5. The number of benzene rings is 3. The van der Waals surface area contributed by atoms with Crippen LogP contribution in [0.4, 0.5) is 60.5 Å². The summed E-state index contributed by atoms with van der Waals surface area (Å²) < 4.78 is 86.8. The molecule has 3 unspecified atom stereocenters. The highest BCUT2D eigenvalue weighted by molar-refractivity contribution is 6.28. The van der Waals surface area contributed by atoms with Gasteiger partial charge < -0.3 is 39.3 Å². The van der Waals surface area contributed by atoms with Crippen molar-refractivity contribution < 1.29 is 108 Å². The van der Waals surface area contributed by atoms with Gasteiger partial charge in [0.1, 0.15) is 42.5 Å². The molecule has 6 aromatic rings. The molecule has 3 aromatic heterocycles. The summed E-state index contributed by atoms with van der Waals surface area (Å²) in [4.78, 5) is 207. The van der Waals surface area contributed by atoms with E-state index in [1.54, 1.807) is 36.4 Å². The second-order valence-corrected chi connectivity index (χ2v) is 38.1. The maximum Gasteiger partial charge on any atom is 0.316 e. The summed E-state index contributed by atoms with van der Waals surface area (Å²) >= 11 is 0. The zero-order chi connectivity index (χ0) is 100. The number of imide groups is 4. The number of carbonyl (C=O) groups is 13. The van der Waals surface area contributed by atoms with Crippen LogP contribution in [0, 0.1) is 48.1 Å². The number of carbonyl (C=O) groups excluding carboxylic acids is 13. The molecule has 8 saturated heterocycles. The number of piperidine rings is 7. The molecule has 764 valence electrons. The minimum atomic E-state index is -2.99. The second kappa shape index (κ2) is 47.6. The van der Waals surface area contributed by atoms with Crippen LogP contribution in [0.3, 0.4) is 0 Å². The van der Waals surface area contributed by atoms with Crippen LogP contribution in [-0.4, -0.2) is 268 Å². The number of halogens is 7. The van der Waals surface area contributed by atoms with Crippen molar-refractivity contribution in [3.05, 3.63) is 154 Å². The summed E-state index contributed by atoms with van der Waals surface area (Å²) in [6.07, 6.45) is 13.9. The standard InChI is InChI=1S/2C31H36F2N6O6.C21H23N3O5.C9H12F2N4O2.C4H8O.ClH/c2*32-29(33)28-25(39(44)45)18-37(34-28)20-10-13-35(14-11-20)12-2-3-19-8-15-36(16-9-19)24-5-1-4-22-27(24)31(43)38(30(22)42)23-7-6-21(40)17-26(23)41;25-12-2-3-13-8-10-23(11-9-13)15-5-1-4-14-18(15)21(29)24(20(14)28)16-6-7-17(26)22-19(16)27;10-9(11)8-7(15(16)17)5-14(13-8)6-1-3-12-4-2-6;1-2-4-5-3-1;/h2*1,4-5,18-20,23,29H,2-3,6-17H2;1,4-5,12-13,16H,2-3,6-11H2,(H,22,26,27);5-6,9,12H,1-4H2;1-4H2;1H. The zero-order valence-corrected chi connectivity index (χ0v) is 79.3. The molecule has 3 aromatic carbocycles. The number of Topliss-reactive ketones (excluding diaryl/α,β-unsaturated/α-hetero) is 4. The number of hydrogen-bond acceptors (Lipinski definition) is 29. The van der Waals surface area contributed by atoms with Crippen molar-refractivity contribution >= 4 is 123 Å². The van der Waals surface area contributed by atoms with Crippen LogP contribution < -0.4 is 25.3 Å². The fourth-order valence-corrected chi connectivity index (χ4v) is 21.6. The molecule has 2 aliphatic carbocycles. The monoisotopic (exact) mass is 2000 g/mol. The minimum Gasteiger partial charge on any atom is -0.381 e. The lowest BCUT2D eigenvalue weighted by Crippen LogP contribution is -2.54. The Morgan fingerprint density at radius 1 is 0.415 bits per heavy atom. The first kappa shape index (κ1) is 105. The van der Waals surface area contributed by atoms with Gasteiger partial charge in [0.05, 0.1) is 108 Å². The smallest absolute Gasteiger partial charge is 0.316 e. The number of rotatable bonds is 26. The van der Waals surface area contributed by atoms with Gasteiger partial charge in [-0.3, -0.25) is 122 Å². The third kappa shape index (κ3) is 24.0. The number of nitrogens with one attached hydrogen (secondary N) is 2. The van der Waals surface area contributed by atoms with Crippen LogP contribution in [0.2, 0.25) is 0 Å². The van der Waals surface area contributed by atoms with Crippen molar-refractivity contribution in [1.82, 2.24) is 64.5 Å². The van der Waals surface area contributed by atoms with Gasteiger partial charge in [0, 0.05) is 104 Å². The van der Waals surface area contributed by atoms with E-state index in [2.05, 4.69) is 50.4 Å². The summed E-state index contributed by atoms with van der Waals surface area (Å²) in [5.74, 6) is -3.31. The average molecular weight is 2010 g/mol. The van der Waals surface area contributed by atoms with Crippen LogP contribution in [0.5, 0.6) is 0 Å². The Labute approximate surface area is 818 Å². The van der Waals surface area contributed by atoms with Gasteiger partial charge in [0.25, 0.3) is 54.7 Å². The number of alkyl halides is 6. The van der Waals surface area contributed by atoms with E-state index in [0.29, 0.717) is 88.9 Å². The number of hydrogen-bond donors (Lipinski definition) is 2. The topological polar surface area (TPSA) is 464 Å². The van der Waals surface area contributed by atoms with E-state index in [1.807, 2.05) is 18.2 Å². The molecule has 11 aliphatic heterocycles. The lowest BCUT2D eigenvalue weighted by Gasteiger charge is -2.35. The molecule has 2 saturated carbocycles. The lowest BCUT2D eigenvalue weighted by atomic mass is 9.91. The Kier molecular flexibility index (Phi) is 35.3. The van der Waals surface area contributed by atoms with Crippen molar-refractivity contribution in [2.24, 2.45) is 17.8 Å². The Morgan fingerprint density at radius 3 is 1.05 bits per heavy atom. The van der Waals surface area contributed by atoms with Gasteiger partial charge in [0.2, 0.25) is 28.9 Å². The molecule has 46 heteroatoms. The SMILES string of the molecule is C1CCOC1.Cl.O=C1CCC(N2C(=O)c3cccc(N4CCC(CCCN5CCC(n6cc([N+](=O)[O-])c(C(F)F)n6)CC5)CC4)c3C2=O)C(=O)C1.O=C1CCC(N2C(=O)c3cccc(N4CCC(CCCN5CCC(n6cc([N+](=O)[O-])c(C(F)F)n6)CC5)CC4)c3C2=O)C(=O)C1.O=CCCC1CCN(c2cccc3c2C(=O)N(C2CCC(=O)NC2=O)C3=O)CC1.O=[N+]([O-])c1cn(C2CCNCC2)nc1C(F)F. The first-order valence-electron chi connectivity index (χ1n) is 48.8. The number of aromatic nitrogens is 6. The van der Waals surface area contributed by atoms with Crippen LogP contribution in [0.25, 0.3) is 0 Å². The van der Waals surface area contributed by atoms with Gasteiger partial charge in [-0.2, -0.15) is 15.3 Å². The molecule has 10 fully saturated rings. The van der Waals surface area contributed by atoms with E-state index >= 15 is 0 Å². The van der Waals surface area contributed by atoms with Crippen molar-refractivity contribution in [2.45, 2.75) is 235 Å². The Bertz CT molecular complexity index is 5480. The number of amides is 8. The molecular formula is C96H116ClF6N19O20. The quantitative estimate of drug-likeness (QED) is 0.0127. The van der Waals surface area contributed by atoms with E-state index in [4.69, 9.17) is 4.74 Å². The van der Waals surface area contributed by atoms with Crippen molar-refractivity contribution in [3.63, 3.8) is 0 Å². The van der Waals surface area contributed by atoms with Gasteiger partial charge in [-0.25, -0.2) is 26.3 Å². The number of aldehydes is 1. The highest BCUT2D eigenvalue weighted by Gasteiger charge is 2.51. The van der Waals surface area contributed by atoms with E-state index in [-0.39, 0.29) is 111 Å². The fraction of sp³-hybridized carbons (Fsp3) is 0.583. The Balaban J connectivity index is 0.000000154. The first-order valence-corrected chi connectivity index (χ1v) is 48.8. The molecule has 3 atom stereocenters. The minimum absolute atomic E-state index is 0. The van der Waals surface area contributed by atoms with Gasteiger partial charge >= 0.3 is 17.1 Å². The third-order valence-electron chi connectivity index (χ3n) is 29.3. The van der Waals surface area contributed by atoms with Gasteiger partial charge in [-0.05, 0) is 222 Å². The molecule has 39 nitrogen and oxygen atoms in total. The zero-order valence-electron chi connectivity index (χ0n) is 78.5. The number of fused-ring (bicyclic) bond motifs is 3. The lowest BCUT2D eigenvalue weighted by molar-refractivity contribution is -0.386. The highest BCUT2D eigenvalue weighted by Crippen LogP contribution is 2.44. The molecule has 13 aliphatic rings. The largest absolute Gasteiger partial charge is 0.381 e. The van der Waals surface area contributed by atoms with Gasteiger partial charge in [0.15, 0.2) is 11.6 Å². The van der Waals surface area contributed by atoms with Crippen molar-refractivity contribution in [1.29, 1.82) is 0 Å². The van der Waals surface area contributed by atoms with Gasteiger partial charge in [-0.1, -0.05) is 18.2 Å². The van der Waals surface area contributed by atoms with E-state index in [0.717, 1.165) is 239 Å². The van der Waals surface area contributed by atoms with E-state index in [9.17, 15) is 119 Å². The molecule has 0 bridgehead atoms. The molecular weight excluding hydrogens is 1890 g/mol. The average Bonchev–Trinajstić information content (AvgIpc) is 1.60. The number of nitrogens with zero attached hydrogens (tertiary/aromatic N) is 17. The molecule has 142 heavy (non-hydrogen) atoms. The fourth-order valence-electron chi connectivity index (χ4n) is 21.6. The molecule has 0 radical (unpaired) electrons. The van der Waals surface area contributed by atoms with Crippen molar-refractivity contribution in [3.8, 4) is 0 Å². The van der Waals surface area contributed by atoms with Crippen LogP contribution in [-0.2, 0) is 38.3 Å². The maximum atomic E-state index is 13.5. The molecule has 0 spiro atoms. The van der Waals surface area contributed by atoms with Gasteiger partial charge in [-0.15, -0.1) is 12.4 Å². The second-order valence-electron chi connectivity index (χ2n) is 38.1. The Morgan fingerprint density at radius 2 is 0.746 bits per heavy atom. The summed E-state index contributed by atoms with van der Waals surface area (Å²) in [5, 5.41) is 49.5. The highest BCUT2D eigenvalue weighted by atomic mass is 35.5. The van der Waals surface area contributed by atoms with Crippen molar-refractivity contribution in [2.75, 3.05) is 120 Å². The number of ether oxygens (including phenoxy) is 1. The molecule has 2 N–H and O–H groups in total. The summed E-state index contributed by atoms with van der Waals surface area (Å²) in [5.41, 5.74) is -0.0303. The molecule has 19 rings (SSSR count). The normalized spacial score (nSPS) is 21.6.